The number of anilines is 1. The molecule has 0 spiro atoms. The molecule has 1 heterocycles. The van der Waals surface area contributed by atoms with Crippen molar-refractivity contribution < 1.29 is 9.90 Å². The molecule has 0 saturated carbocycles. The van der Waals surface area contributed by atoms with E-state index in [0.29, 0.717) is 11.6 Å². The minimum atomic E-state index is -0.280. The summed E-state index contributed by atoms with van der Waals surface area (Å²) in [6.45, 7) is 3.93. The quantitative estimate of drug-likeness (QED) is 0.735. The molecule has 2 amide bonds. The van der Waals surface area contributed by atoms with Crippen LogP contribution < -0.4 is 10.6 Å². The third kappa shape index (κ3) is 4.16. The Morgan fingerprint density at radius 2 is 2.44 bits per heavy atom. The van der Waals surface area contributed by atoms with Gasteiger partial charge in [0.25, 0.3) is 0 Å². The number of amides is 2. The maximum absolute atomic E-state index is 11.5. The molecule has 0 bridgehead atoms. The number of urea groups is 1. The lowest BCUT2D eigenvalue weighted by molar-refractivity contribution is 0.241. The highest BCUT2D eigenvalue weighted by molar-refractivity contribution is 7.13. The number of aliphatic hydroxyl groups excluding tert-OH is 1. The van der Waals surface area contributed by atoms with Crippen LogP contribution >= 0.6 is 11.3 Å². The topological polar surface area (TPSA) is 74.2 Å². The van der Waals surface area contributed by atoms with Gasteiger partial charge in [0.1, 0.15) is 0 Å². The Bertz CT molecular complexity index is 341. The predicted octanol–water partition coefficient (Wildman–Crippen LogP) is 1.60. The van der Waals surface area contributed by atoms with Gasteiger partial charge in [-0.15, -0.1) is 11.3 Å². The van der Waals surface area contributed by atoms with Crippen molar-refractivity contribution in [3.63, 3.8) is 0 Å². The minimum absolute atomic E-state index is 0.0457. The van der Waals surface area contributed by atoms with Crippen LogP contribution in [0.3, 0.4) is 0 Å². The second-order valence-electron chi connectivity index (χ2n) is 3.51. The average molecular weight is 243 g/mol. The van der Waals surface area contributed by atoms with E-state index in [9.17, 15) is 4.79 Å². The zero-order chi connectivity index (χ0) is 12.0. The molecule has 0 aliphatic carbocycles. The van der Waals surface area contributed by atoms with Crippen LogP contribution in [0.15, 0.2) is 5.38 Å². The summed E-state index contributed by atoms with van der Waals surface area (Å²) < 4.78 is 0. The van der Waals surface area contributed by atoms with Gasteiger partial charge in [0.15, 0.2) is 5.13 Å². The number of aromatic nitrogens is 1. The smallest absolute Gasteiger partial charge is 0.321 e. The van der Waals surface area contributed by atoms with Gasteiger partial charge in [-0.2, -0.15) is 0 Å². The number of aliphatic hydroxyl groups is 1. The molecule has 0 unspecified atom stereocenters. The van der Waals surface area contributed by atoms with E-state index < -0.39 is 0 Å². The van der Waals surface area contributed by atoms with Crippen molar-refractivity contribution in [2.24, 2.45) is 0 Å². The molecule has 1 aromatic rings. The highest BCUT2D eigenvalue weighted by Gasteiger charge is 2.08. The molecule has 0 radical (unpaired) electrons. The van der Waals surface area contributed by atoms with E-state index in [1.54, 1.807) is 0 Å². The monoisotopic (exact) mass is 243 g/mol. The van der Waals surface area contributed by atoms with Crippen LogP contribution in [-0.4, -0.2) is 28.8 Å². The number of hydrogen-bond donors (Lipinski definition) is 3. The van der Waals surface area contributed by atoms with Crippen LogP contribution in [0.5, 0.6) is 0 Å². The molecule has 5 nitrogen and oxygen atoms in total. The first-order chi connectivity index (χ1) is 7.65. The molecule has 90 valence electrons. The Morgan fingerprint density at radius 1 is 1.69 bits per heavy atom. The van der Waals surface area contributed by atoms with E-state index in [0.717, 1.165) is 12.1 Å². The van der Waals surface area contributed by atoms with Gasteiger partial charge in [0.2, 0.25) is 0 Å². The molecule has 1 aromatic heterocycles. The summed E-state index contributed by atoms with van der Waals surface area (Å²) in [4.78, 5) is 15.7. The van der Waals surface area contributed by atoms with Gasteiger partial charge in [-0.25, -0.2) is 9.78 Å². The molecule has 0 aromatic carbocycles. The molecule has 6 heteroatoms. The lowest BCUT2D eigenvalue weighted by Gasteiger charge is -2.11. The molecule has 0 saturated heterocycles. The van der Waals surface area contributed by atoms with Crippen LogP contribution in [0.1, 0.15) is 26.0 Å². The number of nitrogens with zero attached hydrogens (tertiary/aromatic N) is 1. The second-order valence-corrected chi connectivity index (χ2v) is 4.37. The van der Waals surface area contributed by atoms with Crippen molar-refractivity contribution in [3.05, 3.63) is 11.1 Å². The van der Waals surface area contributed by atoms with Crippen molar-refractivity contribution >= 4 is 22.5 Å². The molecule has 0 aliphatic rings. The Kier molecular flexibility index (Phi) is 5.21. The fourth-order valence-corrected chi connectivity index (χ4v) is 1.94. The predicted molar refractivity (Wildman–Crippen MR) is 64.8 cm³/mol. The van der Waals surface area contributed by atoms with Crippen molar-refractivity contribution in [1.29, 1.82) is 0 Å². The first-order valence-electron chi connectivity index (χ1n) is 5.28. The first kappa shape index (κ1) is 12.9. The Labute approximate surface area is 98.9 Å². The van der Waals surface area contributed by atoms with E-state index in [-0.39, 0.29) is 18.7 Å². The molecular formula is C10H17N3O2S. The summed E-state index contributed by atoms with van der Waals surface area (Å²) in [5, 5.41) is 16.6. The van der Waals surface area contributed by atoms with Gasteiger partial charge < -0.3 is 10.4 Å². The van der Waals surface area contributed by atoms with Crippen LogP contribution in [0.2, 0.25) is 0 Å². The van der Waals surface area contributed by atoms with Gasteiger partial charge in [0.05, 0.1) is 5.69 Å². The minimum Gasteiger partial charge on any atom is -0.396 e. The summed E-state index contributed by atoms with van der Waals surface area (Å²) in [6, 6.07) is -0.325. The summed E-state index contributed by atoms with van der Waals surface area (Å²) in [5.41, 5.74) is 0.976. The standard InChI is InChI=1S/C10H17N3O2S/c1-3-8-6-16-10(12-8)13-9(15)11-7(2)4-5-14/h6-7,14H,3-5H2,1-2H3,(H2,11,12,13,15)/t7-/m1/s1. The van der Waals surface area contributed by atoms with Crippen LogP contribution in [-0.2, 0) is 6.42 Å². The number of carbonyl (C=O) groups excluding carboxylic acids is 1. The average Bonchev–Trinajstić information content (AvgIpc) is 2.65. The van der Waals surface area contributed by atoms with Gasteiger partial charge >= 0.3 is 6.03 Å². The Morgan fingerprint density at radius 3 is 3.00 bits per heavy atom. The molecule has 1 rings (SSSR count). The van der Waals surface area contributed by atoms with Crippen LogP contribution in [0, 0.1) is 0 Å². The first-order valence-corrected chi connectivity index (χ1v) is 6.16. The van der Waals surface area contributed by atoms with Crippen molar-refractivity contribution in [1.82, 2.24) is 10.3 Å². The Hall–Kier alpha value is -1.14. The number of rotatable bonds is 5. The third-order valence-corrected chi connectivity index (χ3v) is 2.88. The lowest BCUT2D eigenvalue weighted by atomic mass is 10.2. The summed E-state index contributed by atoms with van der Waals surface area (Å²) in [7, 11) is 0. The van der Waals surface area contributed by atoms with Crippen LogP contribution in [0.25, 0.3) is 0 Å². The Balaban J connectivity index is 2.39. The largest absolute Gasteiger partial charge is 0.396 e. The zero-order valence-corrected chi connectivity index (χ0v) is 10.3. The van der Waals surface area contributed by atoms with Crippen molar-refractivity contribution in [2.45, 2.75) is 32.7 Å². The van der Waals surface area contributed by atoms with Crippen LogP contribution in [0.4, 0.5) is 9.93 Å². The SMILES string of the molecule is CCc1csc(NC(=O)N[C@H](C)CCO)n1. The lowest BCUT2D eigenvalue weighted by Crippen LogP contribution is -2.36. The number of aryl methyl sites for hydroxylation is 1. The summed E-state index contributed by atoms with van der Waals surface area (Å²) >= 11 is 1.41. The van der Waals surface area contributed by atoms with E-state index in [2.05, 4.69) is 15.6 Å². The van der Waals surface area contributed by atoms with Gasteiger partial charge in [-0.3, -0.25) is 5.32 Å². The summed E-state index contributed by atoms with van der Waals surface area (Å²) in [5.74, 6) is 0. The molecule has 0 aliphatic heterocycles. The van der Waals surface area contributed by atoms with E-state index in [4.69, 9.17) is 5.11 Å². The normalized spacial score (nSPS) is 12.2. The fourth-order valence-electron chi connectivity index (χ4n) is 1.15. The molecule has 16 heavy (non-hydrogen) atoms. The number of thiazole rings is 1. The maximum atomic E-state index is 11.5. The molecule has 3 N–H and O–H groups in total. The highest BCUT2D eigenvalue weighted by Crippen LogP contribution is 2.15. The molecular weight excluding hydrogens is 226 g/mol. The number of hydrogen-bond acceptors (Lipinski definition) is 4. The van der Waals surface area contributed by atoms with Gasteiger partial charge in [-0.05, 0) is 19.8 Å². The van der Waals surface area contributed by atoms with E-state index in [1.807, 2.05) is 19.2 Å². The van der Waals surface area contributed by atoms with Crippen molar-refractivity contribution in [3.8, 4) is 0 Å². The zero-order valence-electron chi connectivity index (χ0n) is 9.49. The van der Waals surface area contributed by atoms with Gasteiger partial charge in [-0.1, -0.05) is 6.92 Å². The maximum Gasteiger partial charge on any atom is 0.321 e. The highest BCUT2D eigenvalue weighted by atomic mass is 32.1. The van der Waals surface area contributed by atoms with E-state index in [1.165, 1.54) is 11.3 Å². The molecule has 0 fully saturated rings. The van der Waals surface area contributed by atoms with E-state index >= 15 is 0 Å². The number of nitrogens with one attached hydrogen (secondary N) is 2. The fraction of sp³-hybridized carbons (Fsp3) is 0.600. The van der Waals surface area contributed by atoms with Gasteiger partial charge in [0, 0.05) is 18.0 Å². The van der Waals surface area contributed by atoms with Crippen molar-refractivity contribution in [2.75, 3.05) is 11.9 Å². The summed E-state index contributed by atoms with van der Waals surface area (Å²) in [6.07, 6.45) is 1.41. The molecule has 1 atom stereocenters. The third-order valence-electron chi connectivity index (χ3n) is 2.07. The number of carbonyl (C=O) groups is 1. The second kappa shape index (κ2) is 6.44.